The lowest BCUT2D eigenvalue weighted by atomic mass is 10.1. The van der Waals surface area contributed by atoms with E-state index < -0.39 is 6.23 Å². The van der Waals surface area contributed by atoms with E-state index in [9.17, 15) is 4.79 Å². The molecule has 0 radical (unpaired) electrons. The van der Waals surface area contributed by atoms with Gasteiger partial charge in [0.15, 0.2) is 6.23 Å². The molecule has 0 spiro atoms. The summed E-state index contributed by atoms with van der Waals surface area (Å²) >= 11 is 5.98. The Morgan fingerprint density at radius 3 is 2.65 bits per heavy atom. The van der Waals surface area contributed by atoms with Crippen molar-refractivity contribution in [3.8, 4) is 0 Å². The van der Waals surface area contributed by atoms with Gasteiger partial charge in [-0.3, -0.25) is 9.69 Å². The normalized spacial score (nSPS) is 17.4. The van der Waals surface area contributed by atoms with E-state index in [1.165, 1.54) is 0 Å². The molecule has 1 aliphatic heterocycles. The topological polar surface area (TPSA) is 29.5 Å². The third-order valence-corrected chi connectivity index (χ3v) is 3.79. The maximum absolute atomic E-state index is 12.6. The second kappa shape index (κ2) is 4.93. The minimum absolute atomic E-state index is 0.0436. The van der Waals surface area contributed by atoms with Crippen LogP contribution in [0, 0.1) is 6.92 Å². The summed E-state index contributed by atoms with van der Waals surface area (Å²) in [4.78, 5) is 14.3. The van der Waals surface area contributed by atoms with Crippen LogP contribution < -0.4 is 4.90 Å². The summed E-state index contributed by atoms with van der Waals surface area (Å²) in [6, 6.07) is 13.0. The molecule has 1 amide bonds. The van der Waals surface area contributed by atoms with Gasteiger partial charge in [0, 0.05) is 28.9 Å². The summed E-state index contributed by atoms with van der Waals surface area (Å²) < 4.78 is 5.53. The number of nitrogens with zero attached hydrogens (tertiary/aromatic N) is 1. The Kier molecular flexibility index (Phi) is 3.24. The van der Waals surface area contributed by atoms with E-state index in [4.69, 9.17) is 16.3 Å². The van der Waals surface area contributed by atoms with Gasteiger partial charge in [-0.15, -0.1) is 0 Å². The highest BCUT2D eigenvalue weighted by molar-refractivity contribution is 6.30. The van der Waals surface area contributed by atoms with Crippen molar-refractivity contribution in [1.29, 1.82) is 0 Å². The Bertz CT molecular complexity index is 684. The summed E-state index contributed by atoms with van der Waals surface area (Å²) in [5.41, 5.74) is 3.35. The van der Waals surface area contributed by atoms with E-state index in [1.54, 1.807) is 18.1 Å². The fourth-order valence-corrected chi connectivity index (χ4v) is 2.87. The molecule has 1 heterocycles. The average molecular weight is 288 g/mol. The van der Waals surface area contributed by atoms with Gasteiger partial charge in [-0.25, -0.2) is 0 Å². The molecule has 0 saturated heterocycles. The van der Waals surface area contributed by atoms with Crippen LogP contribution >= 0.6 is 11.6 Å². The molecule has 4 heteroatoms. The van der Waals surface area contributed by atoms with Crippen molar-refractivity contribution >= 4 is 23.2 Å². The van der Waals surface area contributed by atoms with Crippen LogP contribution in [-0.4, -0.2) is 13.0 Å². The van der Waals surface area contributed by atoms with Gasteiger partial charge in [-0.05, 0) is 36.8 Å². The molecule has 0 aliphatic carbocycles. The molecule has 1 atom stereocenters. The average Bonchev–Trinajstić information content (AvgIpc) is 2.72. The minimum Gasteiger partial charge on any atom is -0.357 e. The molecule has 1 unspecified atom stereocenters. The molecule has 1 aliphatic rings. The Hall–Kier alpha value is -1.84. The number of anilines is 1. The highest BCUT2D eigenvalue weighted by Crippen LogP contribution is 2.39. The molecular formula is C16H14ClNO2. The van der Waals surface area contributed by atoms with E-state index in [0.29, 0.717) is 10.6 Å². The number of rotatable bonds is 2. The number of halogens is 1. The number of benzene rings is 2. The molecule has 102 valence electrons. The molecule has 2 aromatic rings. The van der Waals surface area contributed by atoms with Crippen LogP contribution in [0.15, 0.2) is 42.5 Å². The van der Waals surface area contributed by atoms with Gasteiger partial charge in [0.05, 0.1) is 0 Å². The van der Waals surface area contributed by atoms with Gasteiger partial charge < -0.3 is 4.74 Å². The first kappa shape index (κ1) is 13.2. The number of amides is 1. The third-order valence-electron chi connectivity index (χ3n) is 3.55. The fraction of sp³-hybridized carbons (Fsp3) is 0.188. The molecule has 0 aromatic heterocycles. The molecule has 0 N–H and O–H groups in total. The number of ether oxygens (including phenoxy) is 1. The van der Waals surface area contributed by atoms with Crippen LogP contribution in [-0.2, 0) is 4.74 Å². The van der Waals surface area contributed by atoms with E-state index in [-0.39, 0.29) is 5.91 Å². The summed E-state index contributed by atoms with van der Waals surface area (Å²) in [5.74, 6) is -0.0436. The van der Waals surface area contributed by atoms with E-state index in [1.807, 2.05) is 43.3 Å². The van der Waals surface area contributed by atoms with E-state index in [0.717, 1.165) is 16.8 Å². The summed E-state index contributed by atoms with van der Waals surface area (Å²) in [6.07, 6.45) is -0.390. The molecule has 0 fully saturated rings. The second-order valence-electron chi connectivity index (χ2n) is 4.78. The SMILES string of the molecule is COC1c2ccccc2C(=O)N1c1ccc(Cl)cc1C. The predicted octanol–water partition coefficient (Wildman–Crippen LogP) is 3.95. The van der Waals surface area contributed by atoms with Crippen LogP contribution in [0.1, 0.15) is 27.7 Å². The number of hydrogen-bond donors (Lipinski definition) is 0. The number of aryl methyl sites for hydroxylation is 1. The first-order chi connectivity index (χ1) is 9.63. The van der Waals surface area contributed by atoms with Gasteiger partial charge in [0.2, 0.25) is 0 Å². The zero-order valence-corrected chi connectivity index (χ0v) is 12.0. The van der Waals surface area contributed by atoms with Crippen molar-refractivity contribution in [2.24, 2.45) is 0 Å². The summed E-state index contributed by atoms with van der Waals surface area (Å²) in [5, 5.41) is 0.657. The summed E-state index contributed by atoms with van der Waals surface area (Å²) in [6.45, 7) is 1.93. The van der Waals surface area contributed by atoms with Crippen LogP contribution in [0.4, 0.5) is 5.69 Å². The molecule has 3 nitrogen and oxygen atoms in total. The van der Waals surface area contributed by atoms with Gasteiger partial charge in [-0.2, -0.15) is 0 Å². The second-order valence-corrected chi connectivity index (χ2v) is 5.22. The maximum Gasteiger partial charge on any atom is 0.261 e. The predicted molar refractivity (Wildman–Crippen MR) is 79.2 cm³/mol. The number of carbonyl (C=O) groups excluding carboxylic acids is 1. The first-order valence-corrected chi connectivity index (χ1v) is 6.72. The lowest BCUT2D eigenvalue weighted by Gasteiger charge is -2.25. The zero-order chi connectivity index (χ0) is 14.3. The first-order valence-electron chi connectivity index (χ1n) is 6.35. The highest BCUT2D eigenvalue weighted by atomic mass is 35.5. The van der Waals surface area contributed by atoms with Gasteiger partial charge in [0.25, 0.3) is 5.91 Å². The standard InChI is InChI=1S/C16H14ClNO2/c1-10-9-11(17)7-8-14(10)18-15(19)12-5-3-4-6-13(12)16(18)20-2/h3-9,16H,1-2H3. The van der Waals surface area contributed by atoms with Crippen molar-refractivity contribution in [1.82, 2.24) is 0 Å². The number of hydrogen-bond acceptors (Lipinski definition) is 2. The number of fused-ring (bicyclic) bond motifs is 1. The van der Waals surface area contributed by atoms with Gasteiger partial charge in [-0.1, -0.05) is 29.8 Å². The number of carbonyl (C=O) groups is 1. The van der Waals surface area contributed by atoms with Crippen LogP contribution in [0.3, 0.4) is 0 Å². The maximum atomic E-state index is 12.6. The van der Waals surface area contributed by atoms with Crippen molar-refractivity contribution < 1.29 is 9.53 Å². The Labute approximate surface area is 122 Å². The molecule has 20 heavy (non-hydrogen) atoms. The molecule has 3 rings (SSSR count). The molecule has 0 saturated carbocycles. The molecule has 0 bridgehead atoms. The summed E-state index contributed by atoms with van der Waals surface area (Å²) in [7, 11) is 1.61. The van der Waals surface area contributed by atoms with E-state index in [2.05, 4.69) is 0 Å². The minimum atomic E-state index is -0.390. The highest BCUT2D eigenvalue weighted by Gasteiger charge is 2.38. The van der Waals surface area contributed by atoms with Gasteiger partial charge >= 0.3 is 0 Å². The van der Waals surface area contributed by atoms with Gasteiger partial charge in [0.1, 0.15) is 0 Å². The Morgan fingerprint density at radius 1 is 1.20 bits per heavy atom. The zero-order valence-electron chi connectivity index (χ0n) is 11.3. The van der Waals surface area contributed by atoms with Crippen molar-refractivity contribution in [3.63, 3.8) is 0 Å². The van der Waals surface area contributed by atoms with Crippen LogP contribution in [0.5, 0.6) is 0 Å². The van der Waals surface area contributed by atoms with Crippen molar-refractivity contribution in [3.05, 3.63) is 64.2 Å². The van der Waals surface area contributed by atoms with Crippen LogP contribution in [0.25, 0.3) is 0 Å². The fourth-order valence-electron chi connectivity index (χ4n) is 2.64. The molecular weight excluding hydrogens is 274 g/mol. The third kappa shape index (κ3) is 1.90. The Balaban J connectivity index is 2.13. The lowest BCUT2D eigenvalue weighted by molar-refractivity contribution is 0.0822. The van der Waals surface area contributed by atoms with Crippen molar-refractivity contribution in [2.45, 2.75) is 13.2 Å². The quantitative estimate of drug-likeness (QED) is 0.837. The largest absolute Gasteiger partial charge is 0.357 e. The van der Waals surface area contributed by atoms with E-state index >= 15 is 0 Å². The number of methoxy groups -OCH3 is 1. The molecule has 2 aromatic carbocycles. The van der Waals surface area contributed by atoms with Crippen LogP contribution in [0.2, 0.25) is 5.02 Å². The monoisotopic (exact) mass is 287 g/mol. The lowest BCUT2D eigenvalue weighted by Crippen LogP contribution is -2.29. The van der Waals surface area contributed by atoms with Crippen molar-refractivity contribution in [2.75, 3.05) is 12.0 Å². The Morgan fingerprint density at radius 2 is 1.95 bits per heavy atom. The smallest absolute Gasteiger partial charge is 0.261 e.